The Morgan fingerprint density at radius 3 is 2.59 bits per heavy atom. The Morgan fingerprint density at radius 2 is 1.94 bits per heavy atom. The summed E-state index contributed by atoms with van der Waals surface area (Å²) in [5.41, 5.74) is 1.30. The zero-order valence-electron chi connectivity index (χ0n) is 17.5. The largest absolute Gasteiger partial charge is 0.390 e. The molecule has 1 aliphatic heterocycles. The Balaban J connectivity index is 1.70. The van der Waals surface area contributed by atoms with Crippen molar-refractivity contribution in [2.45, 2.75) is 42.9 Å². The van der Waals surface area contributed by atoms with E-state index in [2.05, 4.69) is 20.7 Å². The van der Waals surface area contributed by atoms with Gasteiger partial charge >= 0.3 is 0 Å². The first-order valence-electron chi connectivity index (χ1n) is 10.4. The van der Waals surface area contributed by atoms with Gasteiger partial charge in [-0.25, -0.2) is 17.2 Å². The molecule has 1 saturated carbocycles. The number of rotatable bonds is 8. The summed E-state index contributed by atoms with van der Waals surface area (Å²) in [6.45, 7) is 2.83. The quantitative estimate of drug-likeness (QED) is 0.444. The van der Waals surface area contributed by atoms with Gasteiger partial charge in [0.05, 0.1) is 22.5 Å². The van der Waals surface area contributed by atoms with E-state index in [-0.39, 0.29) is 11.6 Å². The van der Waals surface area contributed by atoms with Crippen LogP contribution in [0.2, 0.25) is 0 Å². The van der Waals surface area contributed by atoms with Crippen LogP contribution in [0, 0.1) is 11.6 Å². The van der Waals surface area contributed by atoms with Crippen LogP contribution in [0.5, 0.6) is 0 Å². The molecule has 1 fully saturated rings. The highest BCUT2D eigenvalue weighted by molar-refractivity contribution is 7.92. The van der Waals surface area contributed by atoms with Crippen molar-refractivity contribution in [1.29, 1.82) is 0 Å². The van der Waals surface area contributed by atoms with Crippen molar-refractivity contribution < 1.29 is 22.0 Å². The van der Waals surface area contributed by atoms with Crippen molar-refractivity contribution in [3.63, 3.8) is 0 Å². The Kier molecular flexibility index (Phi) is 5.81. The summed E-state index contributed by atoms with van der Waals surface area (Å²) >= 11 is 0. The SMILES string of the molecule is CCCN/C=C/Nc1cc(NS(=O)(=O)c2ccc(F)cc2F)cc2c1NC(=O)C21CCC1. The van der Waals surface area contributed by atoms with Crippen LogP contribution >= 0.6 is 0 Å². The zero-order chi connectivity index (χ0) is 22.9. The molecule has 7 nitrogen and oxygen atoms in total. The molecular weight excluding hydrogens is 438 g/mol. The average Bonchev–Trinajstić information content (AvgIpc) is 2.99. The molecule has 0 bridgehead atoms. The minimum atomic E-state index is -4.32. The number of halogens is 2. The van der Waals surface area contributed by atoms with Gasteiger partial charge in [-0.2, -0.15) is 0 Å². The van der Waals surface area contributed by atoms with Crippen LogP contribution in [0.4, 0.5) is 25.8 Å². The first-order valence-corrected chi connectivity index (χ1v) is 11.9. The summed E-state index contributed by atoms with van der Waals surface area (Å²) in [7, 11) is -4.32. The van der Waals surface area contributed by atoms with Crippen LogP contribution in [0.15, 0.2) is 47.6 Å². The van der Waals surface area contributed by atoms with E-state index < -0.39 is 32.0 Å². The molecule has 0 atom stereocenters. The minimum absolute atomic E-state index is 0.112. The molecular formula is C22H24F2N4O3S. The summed E-state index contributed by atoms with van der Waals surface area (Å²) in [5.74, 6) is -2.17. The molecule has 2 aromatic carbocycles. The number of hydrogen-bond acceptors (Lipinski definition) is 5. The number of carbonyl (C=O) groups excluding carboxylic acids is 1. The highest BCUT2D eigenvalue weighted by Crippen LogP contribution is 2.54. The molecule has 32 heavy (non-hydrogen) atoms. The maximum Gasteiger partial charge on any atom is 0.264 e. The van der Waals surface area contributed by atoms with Crippen molar-refractivity contribution >= 4 is 33.0 Å². The highest BCUT2D eigenvalue weighted by Gasteiger charge is 2.51. The second-order valence-electron chi connectivity index (χ2n) is 7.95. The predicted molar refractivity (Wildman–Crippen MR) is 119 cm³/mol. The predicted octanol–water partition coefficient (Wildman–Crippen LogP) is 4.02. The summed E-state index contributed by atoms with van der Waals surface area (Å²) in [6, 6.07) is 5.41. The maximum atomic E-state index is 14.1. The van der Waals surface area contributed by atoms with Crippen molar-refractivity contribution in [1.82, 2.24) is 5.32 Å². The molecule has 1 heterocycles. The van der Waals surface area contributed by atoms with Gasteiger partial charge in [0.2, 0.25) is 5.91 Å². The van der Waals surface area contributed by atoms with Crippen LogP contribution < -0.4 is 20.7 Å². The molecule has 2 aromatic rings. The molecule has 4 N–H and O–H groups in total. The molecule has 1 aliphatic carbocycles. The minimum Gasteiger partial charge on any atom is -0.390 e. The number of sulfonamides is 1. The van der Waals surface area contributed by atoms with E-state index in [0.29, 0.717) is 35.8 Å². The lowest BCUT2D eigenvalue weighted by atomic mass is 9.65. The van der Waals surface area contributed by atoms with Crippen molar-refractivity contribution in [3.8, 4) is 0 Å². The Bertz CT molecular complexity index is 1190. The lowest BCUT2D eigenvalue weighted by Crippen LogP contribution is -2.40. The maximum absolute atomic E-state index is 14.1. The summed E-state index contributed by atoms with van der Waals surface area (Å²) in [6.07, 6.45) is 6.56. The lowest BCUT2D eigenvalue weighted by Gasteiger charge is -2.36. The van der Waals surface area contributed by atoms with E-state index in [1.165, 1.54) is 6.07 Å². The van der Waals surface area contributed by atoms with Crippen LogP contribution in [0.1, 0.15) is 38.2 Å². The number of benzene rings is 2. The smallest absolute Gasteiger partial charge is 0.264 e. The van der Waals surface area contributed by atoms with Gasteiger partial charge in [0, 0.05) is 25.0 Å². The number of hydrogen-bond donors (Lipinski definition) is 4. The van der Waals surface area contributed by atoms with E-state index in [1.807, 2.05) is 6.92 Å². The Hall–Kier alpha value is -3.14. The number of fused-ring (bicyclic) bond motifs is 2. The normalized spacial score (nSPS) is 16.5. The fourth-order valence-electron chi connectivity index (χ4n) is 4.03. The van der Waals surface area contributed by atoms with E-state index in [0.717, 1.165) is 31.5 Å². The number of anilines is 3. The van der Waals surface area contributed by atoms with Crippen LogP contribution in [-0.2, 0) is 20.2 Å². The Labute approximate surface area is 185 Å². The van der Waals surface area contributed by atoms with Gasteiger partial charge in [-0.1, -0.05) is 13.3 Å². The van der Waals surface area contributed by atoms with Gasteiger partial charge in [-0.05, 0) is 49.1 Å². The topological polar surface area (TPSA) is 99.3 Å². The molecule has 170 valence electrons. The second kappa shape index (κ2) is 8.42. The van der Waals surface area contributed by atoms with E-state index in [1.54, 1.807) is 18.5 Å². The molecule has 0 unspecified atom stereocenters. The van der Waals surface area contributed by atoms with Crippen LogP contribution in [0.3, 0.4) is 0 Å². The molecule has 0 aromatic heterocycles. The summed E-state index contributed by atoms with van der Waals surface area (Å²) < 4.78 is 55.3. The van der Waals surface area contributed by atoms with Crippen molar-refractivity contribution in [2.24, 2.45) is 0 Å². The van der Waals surface area contributed by atoms with Gasteiger partial charge < -0.3 is 16.0 Å². The number of carbonyl (C=O) groups is 1. The summed E-state index contributed by atoms with van der Waals surface area (Å²) in [4.78, 5) is 12.0. The second-order valence-corrected chi connectivity index (χ2v) is 9.60. The zero-order valence-corrected chi connectivity index (χ0v) is 18.3. The van der Waals surface area contributed by atoms with E-state index >= 15 is 0 Å². The van der Waals surface area contributed by atoms with E-state index in [4.69, 9.17) is 0 Å². The molecule has 10 heteroatoms. The van der Waals surface area contributed by atoms with E-state index in [9.17, 15) is 22.0 Å². The fraction of sp³-hybridized carbons (Fsp3) is 0.318. The van der Waals surface area contributed by atoms with Crippen molar-refractivity contribution in [3.05, 3.63) is 59.9 Å². The molecule has 2 aliphatic rings. The first-order chi connectivity index (χ1) is 15.3. The third kappa shape index (κ3) is 3.90. The lowest BCUT2D eigenvalue weighted by molar-refractivity contribution is -0.123. The van der Waals surface area contributed by atoms with Crippen molar-refractivity contribution in [2.75, 3.05) is 21.9 Å². The van der Waals surface area contributed by atoms with Gasteiger partial charge in [0.15, 0.2) is 0 Å². The molecule has 1 spiro atoms. The van der Waals surface area contributed by atoms with Gasteiger partial charge in [0.25, 0.3) is 10.0 Å². The third-order valence-corrected chi connectivity index (χ3v) is 7.22. The third-order valence-electron chi connectivity index (χ3n) is 5.80. The molecule has 1 amide bonds. The fourth-order valence-corrected chi connectivity index (χ4v) is 5.13. The first kappa shape index (κ1) is 22.1. The number of amides is 1. The molecule has 0 radical (unpaired) electrons. The highest BCUT2D eigenvalue weighted by atomic mass is 32.2. The summed E-state index contributed by atoms with van der Waals surface area (Å²) in [5, 5.41) is 9.08. The molecule has 4 rings (SSSR count). The number of nitrogens with one attached hydrogen (secondary N) is 4. The van der Waals surface area contributed by atoms with Gasteiger partial charge in [-0.15, -0.1) is 0 Å². The monoisotopic (exact) mass is 462 g/mol. The van der Waals surface area contributed by atoms with Crippen LogP contribution in [-0.4, -0.2) is 20.9 Å². The molecule has 0 saturated heterocycles. The Morgan fingerprint density at radius 1 is 1.16 bits per heavy atom. The van der Waals surface area contributed by atoms with Crippen LogP contribution in [0.25, 0.3) is 0 Å². The van der Waals surface area contributed by atoms with Gasteiger partial charge in [0.1, 0.15) is 16.5 Å². The average molecular weight is 463 g/mol. The van der Waals surface area contributed by atoms with Gasteiger partial charge in [-0.3, -0.25) is 9.52 Å². The standard InChI is InChI=1S/C22H24F2N4O3S/c1-2-8-25-9-10-26-18-13-15(12-16-20(18)27-21(29)22(16)6-3-7-22)28-32(30,31)19-5-4-14(23)11-17(19)24/h4-5,9-13,25-26,28H,2-3,6-8H2,1H3,(H,27,29)/b10-9+.